The molecule has 1 atom stereocenters. The highest BCUT2D eigenvalue weighted by Crippen LogP contribution is 2.32. The molecule has 1 unspecified atom stereocenters. The molecule has 0 saturated heterocycles. The number of carbonyl (C=O) groups excluding carboxylic acids is 1. The maximum Gasteiger partial charge on any atom is 0.340 e. The number of nitrogens with one attached hydrogen (secondary N) is 3. The zero-order valence-corrected chi connectivity index (χ0v) is 10.3. The normalized spacial score (nSPS) is 17.2. The molecule has 1 aliphatic rings. The van der Waals surface area contributed by atoms with E-state index in [0.717, 1.165) is 18.4 Å². The fourth-order valence-electron chi connectivity index (χ4n) is 2.51. The number of benzene rings is 1. The number of aromatic amines is 2. The van der Waals surface area contributed by atoms with Gasteiger partial charge < -0.3 is 5.32 Å². The van der Waals surface area contributed by atoms with Crippen LogP contribution in [0.2, 0.25) is 0 Å². The van der Waals surface area contributed by atoms with Crippen LogP contribution in [0.4, 0.5) is 0 Å². The highest BCUT2D eigenvalue weighted by atomic mass is 16.2. The summed E-state index contributed by atoms with van der Waals surface area (Å²) in [5.41, 5.74) is 1.99. The zero-order valence-electron chi connectivity index (χ0n) is 10.3. The Hall–Kier alpha value is -2.37. The lowest BCUT2D eigenvalue weighted by molar-refractivity contribution is -0.122. The van der Waals surface area contributed by atoms with Crippen molar-refractivity contribution in [3.8, 4) is 0 Å². The summed E-state index contributed by atoms with van der Waals surface area (Å²) in [6, 6.07) is 8.01. The lowest BCUT2D eigenvalue weighted by atomic mass is 10.0. The van der Waals surface area contributed by atoms with Gasteiger partial charge in [-0.25, -0.2) is 9.89 Å². The molecule has 1 aromatic heterocycles. The van der Waals surface area contributed by atoms with E-state index in [4.69, 9.17) is 0 Å². The summed E-state index contributed by atoms with van der Waals surface area (Å²) in [6.45, 7) is 0.232. The quantitative estimate of drug-likeness (QED) is 0.746. The summed E-state index contributed by atoms with van der Waals surface area (Å²) < 4.78 is 0. The summed E-state index contributed by atoms with van der Waals surface area (Å²) in [5.74, 6) is 0.320. The SMILES string of the molecule is O=C(NCc1n[nH]c(=O)[nH]1)C1CCc2ccccc21. The van der Waals surface area contributed by atoms with Gasteiger partial charge in [0, 0.05) is 0 Å². The van der Waals surface area contributed by atoms with E-state index in [9.17, 15) is 9.59 Å². The second kappa shape index (κ2) is 4.72. The van der Waals surface area contributed by atoms with Crippen LogP contribution < -0.4 is 11.0 Å². The minimum atomic E-state index is -0.365. The number of fused-ring (bicyclic) bond motifs is 1. The van der Waals surface area contributed by atoms with Crippen LogP contribution in [0.1, 0.15) is 29.3 Å². The molecule has 0 aliphatic heterocycles. The first-order chi connectivity index (χ1) is 9.24. The van der Waals surface area contributed by atoms with Crippen LogP contribution in [0, 0.1) is 0 Å². The van der Waals surface area contributed by atoms with Crippen molar-refractivity contribution in [3.63, 3.8) is 0 Å². The van der Waals surface area contributed by atoms with Crippen molar-refractivity contribution in [3.05, 3.63) is 51.7 Å². The average molecular weight is 258 g/mol. The van der Waals surface area contributed by atoms with Crippen LogP contribution in [0.15, 0.2) is 29.1 Å². The van der Waals surface area contributed by atoms with Crippen molar-refractivity contribution in [2.24, 2.45) is 0 Å². The molecule has 6 nitrogen and oxygen atoms in total. The Bertz CT molecular complexity index is 658. The monoisotopic (exact) mass is 258 g/mol. The average Bonchev–Trinajstić information content (AvgIpc) is 3.02. The number of aryl methyl sites for hydroxylation is 1. The van der Waals surface area contributed by atoms with Crippen LogP contribution in [0.25, 0.3) is 0 Å². The van der Waals surface area contributed by atoms with E-state index in [1.54, 1.807) is 0 Å². The first kappa shape index (κ1) is 11.7. The number of rotatable bonds is 3. The van der Waals surface area contributed by atoms with Crippen molar-refractivity contribution in [1.29, 1.82) is 0 Å². The molecule has 0 fully saturated rings. The molecule has 1 aromatic carbocycles. The summed E-state index contributed by atoms with van der Waals surface area (Å²) in [6.07, 6.45) is 1.77. The van der Waals surface area contributed by atoms with Gasteiger partial charge in [-0.3, -0.25) is 9.78 Å². The Labute approximate surface area is 109 Å². The molecular weight excluding hydrogens is 244 g/mol. The smallest absolute Gasteiger partial charge is 0.340 e. The van der Waals surface area contributed by atoms with Gasteiger partial charge in [-0.2, -0.15) is 5.10 Å². The molecule has 6 heteroatoms. The molecule has 1 aliphatic carbocycles. The predicted octanol–water partition coefficient (Wildman–Crippen LogP) is 0.444. The summed E-state index contributed by atoms with van der Waals surface area (Å²) in [5, 5.41) is 8.82. The van der Waals surface area contributed by atoms with Crippen molar-refractivity contribution < 1.29 is 4.79 Å². The highest BCUT2D eigenvalue weighted by molar-refractivity contribution is 5.84. The summed E-state index contributed by atoms with van der Waals surface area (Å²) in [4.78, 5) is 25.5. The van der Waals surface area contributed by atoms with Crippen LogP contribution in [-0.2, 0) is 17.8 Å². The molecule has 1 amide bonds. The Kier molecular flexibility index (Phi) is 2.91. The van der Waals surface area contributed by atoms with Crippen molar-refractivity contribution in [2.45, 2.75) is 25.3 Å². The van der Waals surface area contributed by atoms with Gasteiger partial charge in [-0.15, -0.1) is 0 Å². The van der Waals surface area contributed by atoms with E-state index < -0.39 is 0 Å². The number of amides is 1. The summed E-state index contributed by atoms with van der Waals surface area (Å²) in [7, 11) is 0. The maximum atomic E-state index is 12.1. The number of nitrogens with zero attached hydrogens (tertiary/aromatic N) is 1. The van der Waals surface area contributed by atoms with Gasteiger partial charge in [-0.05, 0) is 24.0 Å². The summed E-state index contributed by atoms with van der Waals surface area (Å²) >= 11 is 0. The van der Waals surface area contributed by atoms with Crippen LogP contribution in [0.5, 0.6) is 0 Å². The molecule has 3 N–H and O–H groups in total. The predicted molar refractivity (Wildman–Crippen MR) is 68.6 cm³/mol. The van der Waals surface area contributed by atoms with Crippen molar-refractivity contribution >= 4 is 5.91 Å². The molecule has 0 bridgehead atoms. The molecule has 0 spiro atoms. The second-order valence-corrected chi connectivity index (χ2v) is 4.63. The number of carbonyl (C=O) groups is 1. The topological polar surface area (TPSA) is 90.6 Å². The Morgan fingerprint density at radius 1 is 1.42 bits per heavy atom. The molecule has 0 saturated carbocycles. The largest absolute Gasteiger partial charge is 0.348 e. The molecule has 2 aromatic rings. The number of hydrogen-bond donors (Lipinski definition) is 3. The van der Waals surface area contributed by atoms with Gasteiger partial charge in [0.25, 0.3) is 0 Å². The molecular formula is C13H14N4O2. The standard InChI is InChI=1S/C13H14N4O2/c18-12(14-7-11-15-13(19)17-16-11)10-6-5-8-3-1-2-4-9(8)10/h1-4,10H,5-7H2,(H,14,18)(H2,15,16,17,19). The molecule has 98 valence electrons. The van der Waals surface area contributed by atoms with Crippen LogP contribution >= 0.6 is 0 Å². The van der Waals surface area contributed by atoms with E-state index in [2.05, 4.69) is 26.6 Å². The lowest BCUT2D eigenvalue weighted by Gasteiger charge is -2.11. The number of H-pyrrole nitrogens is 2. The van der Waals surface area contributed by atoms with Gasteiger partial charge in [0.1, 0.15) is 5.82 Å². The van der Waals surface area contributed by atoms with Crippen molar-refractivity contribution in [2.75, 3.05) is 0 Å². The third-order valence-electron chi connectivity index (χ3n) is 3.43. The van der Waals surface area contributed by atoms with E-state index in [1.165, 1.54) is 5.56 Å². The minimum absolute atomic E-state index is 0.0196. The van der Waals surface area contributed by atoms with Crippen LogP contribution in [-0.4, -0.2) is 21.1 Å². The fourth-order valence-corrected chi connectivity index (χ4v) is 2.51. The third-order valence-corrected chi connectivity index (χ3v) is 3.43. The van der Waals surface area contributed by atoms with Gasteiger partial charge in [-0.1, -0.05) is 24.3 Å². The van der Waals surface area contributed by atoms with Crippen LogP contribution in [0.3, 0.4) is 0 Å². The molecule has 0 radical (unpaired) electrons. The van der Waals surface area contributed by atoms with E-state index in [1.807, 2.05) is 18.2 Å². The minimum Gasteiger partial charge on any atom is -0.348 e. The first-order valence-electron chi connectivity index (χ1n) is 6.23. The zero-order chi connectivity index (χ0) is 13.2. The Morgan fingerprint density at radius 3 is 3.05 bits per heavy atom. The number of hydrogen-bond acceptors (Lipinski definition) is 3. The van der Waals surface area contributed by atoms with Gasteiger partial charge in [0.15, 0.2) is 0 Å². The Balaban J connectivity index is 1.67. The van der Waals surface area contributed by atoms with Gasteiger partial charge in [0.2, 0.25) is 5.91 Å². The van der Waals surface area contributed by atoms with E-state index >= 15 is 0 Å². The molecule has 3 rings (SSSR count). The fraction of sp³-hybridized carbons (Fsp3) is 0.308. The molecule has 19 heavy (non-hydrogen) atoms. The second-order valence-electron chi connectivity index (χ2n) is 4.63. The highest BCUT2D eigenvalue weighted by Gasteiger charge is 2.27. The van der Waals surface area contributed by atoms with E-state index in [0.29, 0.717) is 5.82 Å². The van der Waals surface area contributed by atoms with Crippen molar-refractivity contribution in [1.82, 2.24) is 20.5 Å². The van der Waals surface area contributed by atoms with E-state index in [-0.39, 0.29) is 24.1 Å². The maximum absolute atomic E-state index is 12.1. The first-order valence-corrected chi connectivity index (χ1v) is 6.23. The number of aromatic nitrogens is 3. The molecule has 1 heterocycles. The van der Waals surface area contributed by atoms with Gasteiger partial charge >= 0.3 is 5.69 Å². The lowest BCUT2D eigenvalue weighted by Crippen LogP contribution is -2.28. The van der Waals surface area contributed by atoms with Gasteiger partial charge in [0.05, 0.1) is 12.5 Å². The Morgan fingerprint density at radius 2 is 2.26 bits per heavy atom. The third kappa shape index (κ3) is 2.29.